The maximum Gasteiger partial charge on any atom is 0.231 e. The van der Waals surface area contributed by atoms with Gasteiger partial charge in [0, 0.05) is 12.1 Å². The monoisotopic (exact) mass is 464 g/mol. The normalized spacial score (nSPS) is 15.5. The maximum atomic E-state index is 12.5. The standard InChI is InChI=1S/C25H28N4O3S/c30-23(26-14-18-7-3-1-4-8-18)16-33-25-28-27-24(20-9-5-2-6-10-20)29(25)15-19-11-12-21-22(13-19)32-17-31-21/h2,5-6,9-13,18H,1,3-4,7-8,14-17H2,(H,26,30). The summed E-state index contributed by atoms with van der Waals surface area (Å²) in [6.45, 7) is 1.59. The molecule has 1 N–H and O–H groups in total. The van der Waals surface area contributed by atoms with Gasteiger partial charge in [0.25, 0.3) is 0 Å². The van der Waals surface area contributed by atoms with Gasteiger partial charge >= 0.3 is 0 Å². The molecule has 1 aromatic heterocycles. The first-order chi connectivity index (χ1) is 16.3. The molecule has 2 heterocycles. The average Bonchev–Trinajstić information content (AvgIpc) is 3.49. The van der Waals surface area contributed by atoms with Gasteiger partial charge in [0.05, 0.1) is 12.3 Å². The van der Waals surface area contributed by atoms with E-state index >= 15 is 0 Å². The third kappa shape index (κ3) is 5.33. The summed E-state index contributed by atoms with van der Waals surface area (Å²) in [6.07, 6.45) is 6.32. The molecule has 0 saturated heterocycles. The zero-order chi connectivity index (χ0) is 22.5. The molecular formula is C25H28N4O3S. The van der Waals surface area contributed by atoms with Crippen LogP contribution in [0.2, 0.25) is 0 Å². The van der Waals surface area contributed by atoms with E-state index in [9.17, 15) is 4.79 Å². The van der Waals surface area contributed by atoms with Crippen molar-refractivity contribution in [1.82, 2.24) is 20.1 Å². The Bertz CT molecular complexity index is 1100. The first-order valence-electron chi connectivity index (χ1n) is 11.5. The van der Waals surface area contributed by atoms with Gasteiger partial charge in [0.2, 0.25) is 12.7 Å². The number of nitrogens with zero attached hydrogens (tertiary/aromatic N) is 3. The van der Waals surface area contributed by atoms with Crippen molar-refractivity contribution in [2.45, 2.75) is 43.8 Å². The summed E-state index contributed by atoms with van der Waals surface area (Å²) in [5, 5.41) is 12.7. The second-order valence-corrected chi connectivity index (χ2v) is 9.49. The van der Waals surface area contributed by atoms with E-state index in [2.05, 4.69) is 20.1 Å². The van der Waals surface area contributed by atoms with E-state index in [-0.39, 0.29) is 12.7 Å². The molecule has 2 aliphatic rings. The Balaban J connectivity index is 1.30. The van der Waals surface area contributed by atoms with Crippen molar-refractivity contribution in [2.24, 2.45) is 5.92 Å². The Hall–Kier alpha value is -3.00. The maximum absolute atomic E-state index is 12.5. The van der Waals surface area contributed by atoms with Crippen LogP contribution in [0.5, 0.6) is 11.5 Å². The summed E-state index contributed by atoms with van der Waals surface area (Å²) in [6, 6.07) is 15.9. The predicted octanol–water partition coefficient (Wildman–Crippen LogP) is 4.51. The predicted molar refractivity (Wildman–Crippen MR) is 127 cm³/mol. The quantitative estimate of drug-likeness (QED) is 0.494. The topological polar surface area (TPSA) is 78.3 Å². The van der Waals surface area contributed by atoms with Crippen LogP contribution in [0, 0.1) is 5.92 Å². The highest BCUT2D eigenvalue weighted by atomic mass is 32.2. The van der Waals surface area contributed by atoms with Crippen molar-refractivity contribution in [3.63, 3.8) is 0 Å². The molecule has 2 aromatic carbocycles. The van der Waals surface area contributed by atoms with Crippen LogP contribution in [-0.2, 0) is 11.3 Å². The largest absolute Gasteiger partial charge is 0.454 e. The number of hydrogen-bond donors (Lipinski definition) is 1. The molecule has 0 bridgehead atoms. The van der Waals surface area contributed by atoms with Crippen molar-refractivity contribution in [1.29, 1.82) is 0 Å². The second kappa shape index (κ2) is 10.3. The van der Waals surface area contributed by atoms with Gasteiger partial charge in [-0.2, -0.15) is 0 Å². The van der Waals surface area contributed by atoms with Crippen LogP contribution in [0.15, 0.2) is 53.7 Å². The summed E-state index contributed by atoms with van der Waals surface area (Å²) in [4.78, 5) is 12.5. The average molecular weight is 465 g/mol. The highest BCUT2D eigenvalue weighted by molar-refractivity contribution is 7.99. The van der Waals surface area contributed by atoms with Gasteiger partial charge in [-0.15, -0.1) is 10.2 Å². The molecule has 1 aliphatic carbocycles. The number of rotatable bonds is 8. The fourth-order valence-electron chi connectivity index (χ4n) is 4.39. The molecular weight excluding hydrogens is 436 g/mol. The number of amides is 1. The van der Waals surface area contributed by atoms with Crippen LogP contribution in [-0.4, -0.2) is 39.8 Å². The summed E-state index contributed by atoms with van der Waals surface area (Å²) in [7, 11) is 0. The molecule has 8 heteroatoms. The summed E-state index contributed by atoms with van der Waals surface area (Å²) in [5.74, 6) is 3.27. The number of ether oxygens (including phenoxy) is 2. The number of benzene rings is 2. The SMILES string of the molecule is O=C(CSc1nnc(-c2ccccc2)n1Cc1ccc2c(c1)OCO2)NCC1CCCCC1. The van der Waals surface area contributed by atoms with E-state index in [1.54, 1.807) is 0 Å². The Morgan fingerprint density at radius 1 is 1.03 bits per heavy atom. The molecule has 0 radical (unpaired) electrons. The van der Waals surface area contributed by atoms with Gasteiger partial charge in [0.15, 0.2) is 22.5 Å². The minimum Gasteiger partial charge on any atom is -0.454 e. The number of carbonyl (C=O) groups is 1. The fraction of sp³-hybridized carbons (Fsp3) is 0.400. The Morgan fingerprint density at radius 2 is 1.85 bits per heavy atom. The number of hydrogen-bond acceptors (Lipinski definition) is 6. The molecule has 33 heavy (non-hydrogen) atoms. The van der Waals surface area contributed by atoms with Gasteiger partial charge < -0.3 is 14.8 Å². The van der Waals surface area contributed by atoms with Crippen LogP contribution in [0.25, 0.3) is 11.4 Å². The number of nitrogens with one attached hydrogen (secondary N) is 1. The van der Waals surface area contributed by atoms with Gasteiger partial charge in [-0.25, -0.2) is 0 Å². The van der Waals surface area contributed by atoms with Crippen LogP contribution in [0.3, 0.4) is 0 Å². The van der Waals surface area contributed by atoms with Crippen LogP contribution >= 0.6 is 11.8 Å². The lowest BCUT2D eigenvalue weighted by Gasteiger charge is -2.21. The minimum absolute atomic E-state index is 0.0458. The molecule has 3 aromatic rings. The lowest BCUT2D eigenvalue weighted by Crippen LogP contribution is -2.31. The van der Waals surface area contributed by atoms with Gasteiger partial charge in [-0.05, 0) is 36.5 Å². The Morgan fingerprint density at radius 3 is 2.70 bits per heavy atom. The molecule has 0 atom stereocenters. The highest BCUT2D eigenvalue weighted by Gasteiger charge is 2.19. The van der Waals surface area contributed by atoms with Crippen molar-refractivity contribution in [2.75, 3.05) is 19.1 Å². The zero-order valence-electron chi connectivity index (χ0n) is 18.5. The van der Waals surface area contributed by atoms with Crippen LogP contribution < -0.4 is 14.8 Å². The van der Waals surface area contributed by atoms with E-state index in [4.69, 9.17) is 9.47 Å². The molecule has 5 rings (SSSR count). The molecule has 0 unspecified atom stereocenters. The molecule has 1 saturated carbocycles. The van der Waals surface area contributed by atoms with E-state index in [1.165, 1.54) is 43.9 Å². The van der Waals surface area contributed by atoms with Crippen molar-refractivity contribution < 1.29 is 14.3 Å². The first kappa shape index (κ1) is 21.8. The lowest BCUT2D eigenvalue weighted by atomic mass is 9.89. The summed E-state index contributed by atoms with van der Waals surface area (Å²) in [5.41, 5.74) is 2.04. The Labute approximate surface area is 197 Å². The molecule has 172 valence electrons. The summed E-state index contributed by atoms with van der Waals surface area (Å²) >= 11 is 1.42. The summed E-state index contributed by atoms with van der Waals surface area (Å²) < 4.78 is 13.0. The smallest absolute Gasteiger partial charge is 0.231 e. The number of aromatic nitrogens is 3. The third-order valence-corrected chi connectivity index (χ3v) is 7.14. The van der Waals surface area contributed by atoms with Crippen molar-refractivity contribution in [3.8, 4) is 22.9 Å². The molecule has 7 nitrogen and oxygen atoms in total. The Kier molecular flexibility index (Phi) is 6.81. The van der Waals surface area contributed by atoms with Crippen LogP contribution in [0.1, 0.15) is 37.7 Å². The molecule has 1 fully saturated rings. The van der Waals surface area contributed by atoms with E-state index < -0.39 is 0 Å². The molecule has 1 amide bonds. The number of fused-ring (bicyclic) bond motifs is 1. The molecule has 1 aliphatic heterocycles. The van der Waals surface area contributed by atoms with E-state index in [1.807, 2.05) is 48.5 Å². The van der Waals surface area contributed by atoms with Gasteiger partial charge in [0.1, 0.15) is 0 Å². The van der Waals surface area contributed by atoms with Gasteiger partial charge in [-0.1, -0.05) is 67.4 Å². The minimum atomic E-state index is 0.0458. The third-order valence-electron chi connectivity index (χ3n) is 6.17. The lowest BCUT2D eigenvalue weighted by molar-refractivity contribution is -0.118. The second-order valence-electron chi connectivity index (χ2n) is 8.54. The van der Waals surface area contributed by atoms with Crippen LogP contribution in [0.4, 0.5) is 0 Å². The number of carbonyl (C=O) groups excluding carboxylic acids is 1. The van der Waals surface area contributed by atoms with Crippen molar-refractivity contribution in [3.05, 3.63) is 54.1 Å². The van der Waals surface area contributed by atoms with E-state index in [0.29, 0.717) is 18.2 Å². The van der Waals surface area contributed by atoms with E-state index in [0.717, 1.165) is 40.2 Å². The number of thioether (sulfide) groups is 1. The fourth-order valence-corrected chi connectivity index (χ4v) is 5.16. The zero-order valence-corrected chi connectivity index (χ0v) is 19.4. The highest BCUT2D eigenvalue weighted by Crippen LogP contribution is 2.33. The van der Waals surface area contributed by atoms with Gasteiger partial charge in [-0.3, -0.25) is 9.36 Å². The van der Waals surface area contributed by atoms with Crippen molar-refractivity contribution >= 4 is 17.7 Å². The first-order valence-corrected chi connectivity index (χ1v) is 12.5. The molecule has 0 spiro atoms.